The van der Waals surface area contributed by atoms with Crippen molar-refractivity contribution in [3.63, 3.8) is 0 Å². The van der Waals surface area contributed by atoms with Crippen LogP contribution >= 0.6 is 0 Å². The van der Waals surface area contributed by atoms with Gasteiger partial charge in [0.05, 0.1) is 29.4 Å². The third-order valence-electron chi connectivity index (χ3n) is 6.81. The van der Waals surface area contributed by atoms with Gasteiger partial charge in [0.25, 0.3) is 21.8 Å². The van der Waals surface area contributed by atoms with Crippen LogP contribution < -0.4 is 14.4 Å². The van der Waals surface area contributed by atoms with Crippen molar-refractivity contribution in [3.05, 3.63) is 83.9 Å². The summed E-state index contributed by atoms with van der Waals surface area (Å²) < 4.78 is 65.7. The summed E-state index contributed by atoms with van der Waals surface area (Å²) >= 11 is 0. The van der Waals surface area contributed by atoms with Crippen LogP contribution in [0.15, 0.2) is 77.7 Å². The molecule has 2 aliphatic rings. The van der Waals surface area contributed by atoms with Gasteiger partial charge in [-0.2, -0.15) is 12.7 Å². The fourth-order valence-corrected chi connectivity index (χ4v) is 6.46. The molecule has 218 valence electrons. The lowest BCUT2D eigenvalue weighted by Crippen LogP contribution is -2.53. The van der Waals surface area contributed by atoms with Crippen molar-refractivity contribution in [1.29, 1.82) is 0 Å². The van der Waals surface area contributed by atoms with Crippen LogP contribution in [-0.2, 0) is 41.5 Å². The molecule has 2 N–H and O–H groups in total. The number of hydrogen-bond acceptors (Lipinski definition) is 10. The summed E-state index contributed by atoms with van der Waals surface area (Å²) in [5.41, 5.74) is 0.518. The normalized spacial score (nSPS) is 18.6. The van der Waals surface area contributed by atoms with Crippen molar-refractivity contribution in [2.45, 2.75) is 29.7 Å². The summed E-state index contributed by atoms with van der Waals surface area (Å²) in [6.45, 7) is -0.0984. The monoisotopic (exact) mass is 604 g/mol. The minimum Gasteiger partial charge on any atom is -0.492 e. The second-order valence-corrected chi connectivity index (χ2v) is 13.2. The molecule has 0 aromatic heterocycles. The average molecular weight is 605 g/mol. The highest BCUT2D eigenvalue weighted by molar-refractivity contribution is 7.89. The molecule has 3 aromatic rings. The molecule has 2 heterocycles. The number of carbonyl (C=O) groups excluding carboxylic acids is 1. The zero-order chi connectivity index (χ0) is 29.4. The first-order valence-corrected chi connectivity index (χ1v) is 15.8. The Bertz CT molecular complexity index is 1640. The number of amides is 1. The summed E-state index contributed by atoms with van der Waals surface area (Å²) in [7, 11) is -7.66. The van der Waals surface area contributed by atoms with Gasteiger partial charge in [-0.15, -0.1) is 0 Å². The summed E-state index contributed by atoms with van der Waals surface area (Å²) in [4.78, 5) is 14.0. The van der Waals surface area contributed by atoms with Gasteiger partial charge in [0.2, 0.25) is 16.8 Å². The van der Waals surface area contributed by atoms with Gasteiger partial charge in [0.1, 0.15) is 18.1 Å². The van der Waals surface area contributed by atoms with Crippen molar-refractivity contribution >= 4 is 31.7 Å². The second-order valence-electron chi connectivity index (χ2n) is 9.65. The predicted molar refractivity (Wildman–Crippen MR) is 146 cm³/mol. The zero-order valence-electron chi connectivity index (χ0n) is 21.9. The average Bonchev–Trinajstić information content (AvgIpc) is 3.09. The first kappa shape index (κ1) is 29.0. The van der Waals surface area contributed by atoms with Gasteiger partial charge in [-0.3, -0.25) is 4.79 Å². The van der Waals surface area contributed by atoms with E-state index < -0.39 is 38.6 Å². The van der Waals surface area contributed by atoms with Crippen LogP contribution in [0.3, 0.4) is 0 Å². The number of rotatable bonds is 11. The lowest BCUT2D eigenvalue weighted by molar-refractivity contribution is -0.183. The summed E-state index contributed by atoms with van der Waals surface area (Å²) in [5.74, 6) is -3.00. The van der Waals surface area contributed by atoms with E-state index in [4.69, 9.17) is 9.47 Å². The molecule has 1 amide bonds. The minimum absolute atomic E-state index is 0.0497. The lowest BCUT2D eigenvalue weighted by Gasteiger charge is -2.39. The van der Waals surface area contributed by atoms with Crippen LogP contribution in [0, 0.1) is 0 Å². The first-order chi connectivity index (χ1) is 19.4. The zero-order valence-corrected chi connectivity index (χ0v) is 23.5. The Hall–Kier alpha value is -3.53. The van der Waals surface area contributed by atoms with Crippen molar-refractivity contribution in [1.82, 2.24) is 4.31 Å². The number of anilines is 1. The number of aliphatic hydroxyl groups is 2. The number of ether oxygens (including phenoxy) is 2. The molecule has 14 heteroatoms. The van der Waals surface area contributed by atoms with Crippen molar-refractivity contribution in [2.24, 2.45) is 0 Å². The molecule has 0 bridgehead atoms. The SMILES string of the molecule is CS(=O)(=O)OCOc1ccc(CN2C(=O)C(O)(O)c3cc(S(=O)(=O)N4CC[C@H]4COc4ccccc4)ccc32)cc1. The largest absolute Gasteiger partial charge is 0.492 e. The number of sulfonamides is 1. The number of nitrogens with zero attached hydrogens (tertiary/aromatic N) is 2. The van der Waals surface area contributed by atoms with Gasteiger partial charge in [0, 0.05) is 12.1 Å². The molecule has 1 fully saturated rings. The number of para-hydroxylation sites is 1. The maximum atomic E-state index is 13.4. The predicted octanol–water partition coefficient (Wildman–Crippen LogP) is 1.53. The van der Waals surface area contributed by atoms with E-state index >= 15 is 0 Å². The number of carbonyl (C=O) groups is 1. The van der Waals surface area contributed by atoms with Crippen molar-refractivity contribution in [3.8, 4) is 11.5 Å². The highest BCUT2D eigenvalue weighted by atomic mass is 32.2. The minimum atomic E-state index is -4.00. The van der Waals surface area contributed by atoms with Crippen LogP contribution in [0.1, 0.15) is 17.5 Å². The number of benzene rings is 3. The molecule has 0 saturated carbocycles. The first-order valence-electron chi connectivity index (χ1n) is 12.5. The van der Waals surface area contributed by atoms with Gasteiger partial charge < -0.3 is 24.6 Å². The molecule has 5 rings (SSSR count). The van der Waals surface area contributed by atoms with Crippen LogP contribution in [0.25, 0.3) is 0 Å². The summed E-state index contributed by atoms with van der Waals surface area (Å²) in [5, 5.41) is 21.4. The molecule has 12 nitrogen and oxygen atoms in total. The van der Waals surface area contributed by atoms with Gasteiger partial charge in [-0.25, -0.2) is 12.6 Å². The third kappa shape index (κ3) is 6.07. The van der Waals surface area contributed by atoms with E-state index in [1.54, 1.807) is 24.3 Å². The Morgan fingerprint density at radius 2 is 1.61 bits per heavy atom. The fraction of sp³-hybridized carbons (Fsp3) is 0.296. The molecule has 0 spiro atoms. The van der Waals surface area contributed by atoms with Crippen LogP contribution in [0.4, 0.5) is 5.69 Å². The third-order valence-corrected chi connectivity index (χ3v) is 9.28. The molecule has 0 aliphatic carbocycles. The van der Waals surface area contributed by atoms with E-state index in [0.29, 0.717) is 23.5 Å². The maximum absolute atomic E-state index is 13.4. The fourth-order valence-electron chi connectivity index (χ4n) is 4.56. The Kier molecular flexibility index (Phi) is 7.80. The highest BCUT2D eigenvalue weighted by Gasteiger charge is 2.50. The lowest BCUT2D eigenvalue weighted by atomic mass is 10.1. The highest BCUT2D eigenvalue weighted by Crippen LogP contribution is 2.41. The van der Waals surface area contributed by atoms with Crippen LogP contribution in [0.2, 0.25) is 0 Å². The van der Waals surface area contributed by atoms with E-state index in [9.17, 15) is 31.8 Å². The Balaban J connectivity index is 1.30. The Morgan fingerprint density at radius 1 is 0.927 bits per heavy atom. The molecule has 0 unspecified atom stereocenters. The Labute approximate surface area is 237 Å². The molecule has 1 atom stereocenters. The Morgan fingerprint density at radius 3 is 2.24 bits per heavy atom. The molecule has 0 radical (unpaired) electrons. The molecular formula is C27H28N2O10S2. The van der Waals surface area contributed by atoms with E-state index in [2.05, 4.69) is 4.18 Å². The molecule has 3 aromatic carbocycles. The van der Waals surface area contributed by atoms with Gasteiger partial charge in [-0.1, -0.05) is 30.3 Å². The summed E-state index contributed by atoms with van der Waals surface area (Å²) in [6.07, 6.45) is 1.51. The maximum Gasteiger partial charge on any atom is 0.292 e. The number of fused-ring (bicyclic) bond motifs is 1. The number of hydrogen-bond donors (Lipinski definition) is 2. The van der Waals surface area contributed by atoms with E-state index in [-0.39, 0.29) is 41.9 Å². The molecule has 41 heavy (non-hydrogen) atoms. The van der Waals surface area contributed by atoms with Crippen LogP contribution in [-0.4, -0.2) is 69.5 Å². The van der Waals surface area contributed by atoms with E-state index in [1.165, 1.54) is 28.6 Å². The van der Waals surface area contributed by atoms with Gasteiger partial charge >= 0.3 is 0 Å². The van der Waals surface area contributed by atoms with Crippen molar-refractivity contribution < 1.29 is 45.5 Å². The van der Waals surface area contributed by atoms with E-state index in [1.807, 2.05) is 18.2 Å². The standard InChI is InChI=1S/C27H28N2O10S2/c1-40(33,34)39-18-38-22-9-7-19(8-10-22)16-28-25-12-11-23(15-24(25)27(31,32)26(28)30)41(35,36)29-14-13-20(29)17-37-21-5-3-2-4-6-21/h2-12,15,20,31-32H,13-14,16-18H2,1H3/t20-/m0/s1. The van der Waals surface area contributed by atoms with Gasteiger partial charge in [0.15, 0.2) is 0 Å². The van der Waals surface area contributed by atoms with Gasteiger partial charge in [-0.05, 0) is 54.4 Å². The van der Waals surface area contributed by atoms with Crippen molar-refractivity contribution in [2.75, 3.05) is 31.1 Å². The molecule has 1 saturated heterocycles. The quantitative estimate of drug-likeness (QED) is 0.243. The molecular weight excluding hydrogens is 576 g/mol. The second kappa shape index (κ2) is 11.0. The van der Waals surface area contributed by atoms with E-state index in [0.717, 1.165) is 17.2 Å². The smallest absolute Gasteiger partial charge is 0.292 e. The topological polar surface area (TPSA) is 160 Å². The van der Waals surface area contributed by atoms with Crippen LogP contribution in [0.5, 0.6) is 11.5 Å². The molecule has 2 aliphatic heterocycles. The summed E-state index contributed by atoms with van der Waals surface area (Å²) in [6, 6.07) is 18.8.